The highest BCUT2D eigenvalue weighted by Crippen LogP contribution is 2.20. The third-order valence-corrected chi connectivity index (χ3v) is 6.24. The van der Waals surface area contributed by atoms with Crippen molar-refractivity contribution in [2.45, 2.75) is 18.2 Å². The Labute approximate surface area is 204 Å². The molecule has 4 N–H and O–H groups in total. The van der Waals surface area contributed by atoms with Crippen molar-refractivity contribution in [2.75, 3.05) is 24.4 Å². The van der Waals surface area contributed by atoms with Gasteiger partial charge in [0, 0.05) is 29.9 Å². The average Bonchev–Trinajstić information content (AvgIpc) is 2.85. The number of sulfonamides is 1. The molecule has 0 atom stereocenters. The lowest BCUT2D eigenvalue weighted by atomic mass is 10.2. The van der Waals surface area contributed by atoms with Gasteiger partial charge in [0.1, 0.15) is 11.5 Å². The number of phenolic OH excluding ortho intramolecular Hbond substituents is 1. The Kier molecular flexibility index (Phi) is 8.69. The summed E-state index contributed by atoms with van der Waals surface area (Å²) < 4.78 is 33.4. The molecule has 3 rings (SSSR count). The minimum atomic E-state index is -3.90. The van der Waals surface area contributed by atoms with Crippen molar-refractivity contribution in [1.29, 1.82) is 0 Å². The summed E-state index contributed by atoms with van der Waals surface area (Å²) >= 11 is 0. The molecule has 2 amide bonds. The molecular weight excluding hydrogens is 470 g/mol. The largest absolute Gasteiger partial charge is 0.508 e. The molecular formula is C25H27N3O6S. The fraction of sp³-hybridized carbons (Fsp3) is 0.200. The van der Waals surface area contributed by atoms with Crippen LogP contribution in [0.4, 0.5) is 5.69 Å². The number of hydrogen-bond donors (Lipinski definition) is 4. The molecule has 0 fully saturated rings. The van der Waals surface area contributed by atoms with E-state index >= 15 is 0 Å². The van der Waals surface area contributed by atoms with Crippen LogP contribution in [-0.2, 0) is 10.0 Å². The molecule has 0 radical (unpaired) electrons. The second kappa shape index (κ2) is 11.9. The molecule has 10 heteroatoms. The topological polar surface area (TPSA) is 134 Å². The van der Waals surface area contributed by atoms with E-state index in [2.05, 4.69) is 15.4 Å². The standard InChI is InChI=1S/C25H27N3O6S/c1-2-34-22-12-10-20(11-13-22)28-35(32,33)23-9-4-7-19(17-23)25(31)27-15-5-14-26-24(30)18-6-3-8-21(29)16-18/h3-4,6-13,16-17,28-29H,2,5,14-15H2,1H3,(H,26,30)(H,27,31). The first-order valence-corrected chi connectivity index (χ1v) is 12.5. The Bertz CT molecular complexity index is 1280. The van der Waals surface area contributed by atoms with Crippen LogP contribution < -0.4 is 20.1 Å². The molecule has 0 saturated carbocycles. The summed E-state index contributed by atoms with van der Waals surface area (Å²) in [5.41, 5.74) is 0.908. The Morgan fingerprint density at radius 2 is 1.46 bits per heavy atom. The number of rotatable bonds is 11. The molecule has 0 aromatic heterocycles. The summed E-state index contributed by atoms with van der Waals surface area (Å²) in [7, 11) is -3.90. The fourth-order valence-electron chi connectivity index (χ4n) is 3.15. The second-order valence-corrected chi connectivity index (χ2v) is 9.19. The molecule has 0 unspecified atom stereocenters. The normalized spacial score (nSPS) is 10.9. The van der Waals surface area contributed by atoms with Crippen LogP contribution in [-0.4, -0.2) is 45.0 Å². The number of nitrogens with one attached hydrogen (secondary N) is 3. The number of benzene rings is 3. The van der Waals surface area contributed by atoms with Gasteiger partial charge in [0.25, 0.3) is 21.8 Å². The molecule has 0 saturated heterocycles. The van der Waals surface area contributed by atoms with Crippen molar-refractivity contribution in [1.82, 2.24) is 10.6 Å². The average molecular weight is 498 g/mol. The van der Waals surface area contributed by atoms with Gasteiger partial charge in [-0.05, 0) is 74.0 Å². The van der Waals surface area contributed by atoms with Crippen molar-refractivity contribution < 1.29 is 27.9 Å². The van der Waals surface area contributed by atoms with Gasteiger partial charge in [-0.2, -0.15) is 0 Å². The number of carbonyl (C=O) groups is 2. The van der Waals surface area contributed by atoms with Gasteiger partial charge in [-0.15, -0.1) is 0 Å². The summed E-state index contributed by atoms with van der Waals surface area (Å²) in [6.45, 7) is 2.96. The summed E-state index contributed by atoms with van der Waals surface area (Å²) in [6.07, 6.45) is 0.466. The number of phenols is 1. The maximum absolute atomic E-state index is 12.8. The van der Waals surface area contributed by atoms with Crippen molar-refractivity contribution in [2.24, 2.45) is 0 Å². The Balaban J connectivity index is 1.51. The first-order chi connectivity index (χ1) is 16.8. The number of hydrogen-bond acceptors (Lipinski definition) is 6. The van der Waals surface area contributed by atoms with E-state index in [0.29, 0.717) is 36.6 Å². The molecule has 0 bridgehead atoms. The van der Waals surface area contributed by atoms with Crippen molar-refractivity contribution in [3.05, 3.63) is 83.9 Å². The molecule has 0 spiro atoms. The lowest BCUT2D eigenvalue weighted by molar-refractivity contribution is 0.0951. The zero-order valence-corrected chi connectivity index (χ0v) is 20.0. The van der Waals surface area contributed by atoms with Gasteiger partial charge < -0.3 is 20.5 Å². The van der Waals surface area contributed by atoms with E-state index < -0.39 is 15.9 Å². The monoisotopic (exact) mass is 497 g/mol. The van der Waals surface area contributed by atoms with Gasteiger partial charge in [0.2, 0.25) is 0 Å². The minimum absolute atomic E-state index is 0.00355. The summed E-state index contributed by atoms with van der Waals surface area (Å²) in [5, 5.41) is 14.9. The molecule has 184 valence electrons. The maximum atomic E-state index is 12.8. The van der Waals surface area contributed by atoms with E-state index in [-0.39, 0.29) is 28.7 Å². The molecule has 0 aliphatic carbocycles. The van der Waals surface area contributed by atoms with Crippen LogP contribution in [0, 0.1) is 0 Å². The zero-order valence-electron chi connectivity index (χ0n) is 19.2. The summed E-state index contributed by atoms with van der Waals surface area (Å²) in [6, 6.07) is 18.2. The van der Waals surface area contributed by atoms with E-state index in [1.165, 1.54) is 36.4 Å². The van der Waals surface area contributed by atoms with Crippen molar-refractivity contribution in [3.8, 4) is 11.5 Å². The predicted molar refractivity (Wildman–Crippen MR) is 132 cm³/mol. The lowest BCUT2D eigenvalue weighted by Gasteiger charge is -2.11. The van der Waals surface area contributed by atoms with E-state index in [4.69, 9.17) is 4.74 Å². The fourth-order valence-corrected chi connectivity index (χ4v) is 4.25. The number of ether oxygens (including phenoxy) is 1. The second-order valence-electron chi connectivity index (χ2n) is 7.51. The Hall–Kier alpha value is -4.05. The quantitative estimate of drug-likeness (QED) is 0.301. The number of aromatic hydroxyl groups is 1. The number of anilines is 1. The van der Waals surface area contributed by atoms with Crippen molar-refractivity contribution >= 4 is 27.5 Å². The maximum Gasteiger partial charge on any atom is 0.261 e. The molecule has 0 heterocycles. The first kappa shape index (κ1) is 25.6. The van der Waals surface area contributed by atoms with Crippen molar-refractivity contribution in [3.63, 3.8) is 0 Å². The molecule has 0 aliphatic heterocycles. The van der Waals surface area contributed by atoms with Gasteiger partial charge in [0.05, 0.1) is 11.5 Å². The third-order valence-electron chi connectivity index (χ3n) is 4.86. The first-order valence-electron chi connectivity index (χ1n) is 11.0. The number of amides is 2. The van der Waals surface area contributed by atoms with Gasteiger partial charge in [-0.25, -0.2) is 8.42 Å². The van der Waals surface area contributed by atoms with Crippen LogP contribution in [0.2, 0.25) is 0 Å². The highest BCUT2D eigenvalue weighted by atomic mass is 32.2. The summed E-state index contributed by atoms with van der Waals surface area (Å²) in [4.78, 5) is 24.5. The van der Waals surface area contributed by atoms with Crippen LogP contribution in [0.1, 0.15) is 34.1 Å². The zero-order chi connectivity index (χ0) is 25.3. The smallest absolute Gasteiger partial charge is 0.261 e. The van der Waals surface area contributed by atoms with Gasteiger partial charge in [-0.1, -0.05) is 12.1 Å². The van der Waals surface area contributed by atoms with E-state index in [1.54, 1.807) is 36.4 Å². The van der Waals surface area contributed by atoms with E-state index in [1.807, 2.05) is 6.92 Å². The lowest BCUT2D eigenvalue weighted by Crippen LogP contribution is -2.30. The SMILES string of the molecule is CCOc1ccc(NS(=O)(=O)c2cccc(C(=O)NCCCNC(=O)c3cccc(O)c3)c2)cc1. The molecule has 3 aromatic carbocycles. The number of carbonyl (C=O) groups excluding carboxylic acids is 2. The molecule has 35 heavy (non-hydrogen) atoms. The van der Waals surface area contributed by atoms with Crippen LogP contribution in [0.5, 0.6) is 11.5 Å². The predicted octanol–water partition coefficient (Wildman–Crippen LogP) is 3.14. The van der Waals surface area contributed by atoms with Gasteiger partial charge in [0.15, 0.2) is 0 Å². The van der Waals surface area contributed by atoms with Gasteiger partial charge in [-0.3, -0.25) is 14.3 Å². The van der Waals surface area contributed by atoms with Gasteiger partial charge >= 0.3 is 0 Å². The minimum Gasteiger partial charge on any atom is -0.508 e. The van der Waals surface area contributed by atoms with Crippen LogP contribution in [0.25, 0.3) is 0 Å². The highest BCUT2D eigenvalue weighted by molar-refractivity contribution is 7.92. The Morgan fingerprint density at radius 3 is 2.06 bits per heavy atom. The van der Waals surface area contributed by atoms with E-state index in [9.17, 15) is 23.1 Å². The van der Waals surface area contributed by atoms with Crippen LogP contribution in [0.3, 0.4) is 0 Å². The van der Waals surface area contributed by atoms with Crippen LogP contribution >= 0.6 is 0 Å². The molecule has 9 nitrogen and oxygen atoms in total. The Morgan fingerprint density at radius 1 is 0.857 bits per heavy atom. The summed E-state index contributed by atoms with van der Waals surface area (Å²) in [5.74, 6) is -0.121. The van der Waals surface area contributed by atoms with E-state index in [0.717, 1.165) is 0 Å². The molecule has 3 aromatic rings. The molecule has 0 aliphatic rings. The van der Waals surface area contributed by atoms with Crippen LogP contribution in [0.15, 0.2) is 77.7 Å². The highest BCUT2D eigenvalue weighted by Gasteiger charge is 2.17. The third kappa shape index (κ3) is 7.47.